The Morgan fingerprint density at radius 2 is 1.75 bits per heavy atom. The quantitative estimate of drug-likeness (QED) is 0.454. The van der Waals surface area contributed by atoms with E-state index in [4.69, 9.17) is 9.15 Å². The van der Waals surface area contributed by atoms with Crippen molar-refractivity contribution in [2.24, 2.45) is 0 Å². The van der Waals surface area contributed by atoms with Crippen molar-refractivity contribution in [3.8, 4) is 0 Å². The fourth-order valence-corrected chi connectivity index (χ4v) is 3.56. The third kappa shape index (κ3) is 4.15. The molecule has 0 bridgehead atoms. The van der Waals surface area contributed by atoms with E-state index in [0.717, 1.165) is 10.5 Å². The molecule has 1 aromatic heterocycles. The lowest BCUT2D eigenvalue weighted by Gasteiger charge is -2.17. The van der Waals surface area contributed by atoms with Crippen LogP contribution in [-0.4, -0.2) is 41.7 Å². The summed E-state index contributed by atoms with van der Waals surface area (Å²) in [6.45, 7) is 0.00235. The summed E-state index contributed by atoms with van der Waals surface area (Å²) in [6, 6.07) is 15.9. The van der Waals surface area contributed by atoms with Crippen LogP contribution in [0.1, 0.15) is 42.4 Å². The molecule has 2 aromatic carbocycles. The number of fused-ring (bicyclic) bond motifs is 1. The summed E-state index contributed by atoms with van der Waals surface area (Å²) in [7, 11) is 1.25. The second-order valence-corrected chi connectivity index (χ2v) is 7.28. The lowest BCUT2D eigenvalue weighted by molar-refractivity contribution is -0.142. The number of esters is 1. The maximum Gasteiger partial charge on any atom is 0.328 e. The summed E-state index contributed by atoms with van der Waals surface area (Å²) >= 11 is 0. The Bertz CT molecular complexity index is 1170. The number of methoxy groups -OCH3 is 1. The highest BCUT2D eigenvalue weighted by molar-refractivity contribution is 6.22. The number of nitrogens with one attached hydrogen (secondary N) is 1. The van der Waals surface area contributed by atoms with Crippen LogP contribution in [0.15, 0.2) is 71.3 Å². The second-order valence-electron chi connectivity index (χ2n) is 7.28. The third-order valence-corrected chi connectivity index (χ3v) is 5.20. The van der Waals surface area contributed by atoms with Gasteiger partial charge in [0.15, 0.2) is 0 Å². The molecule has 8 heteroatoms. The van der Waals surface area contributed by atoms with Gasteiger partial charge in [0.2, 0.25) is 0 Å². The van der Waals surface area contributed by atoms with Gasteiger partial charge in [0.1, 0.15) is 11.8 Å². The van der Waals surface area contributed by atoms with Gasteiger partial charge in [-0.25, -0.2) is 4.79 Å². The number of rotatable bonds is 7. The van der Waals surface area contributed by atoms with Crippen LogP contribution in [0.5, 0.6) is 0 Å². The average molecular weight is 432 g/mol. The van der Waals surface area contributed by atoms with Gasteiger partial charge in [-0.05, 0) is 35.9 Å². The lowest BCUT2D eigenvalue weighted by Crippen LogP contribution is -2.43. The van der Waals surface area contributed by atoms with E-state index in [2.05, 4.69) is 5.32 Å². The Hall–Kier alpha value is -4.20. The van der Waals surface area contributed by atoms with Crippen LogP contribution in [0.25, 0.3) is 0 Å². The van der Waals surface area contributed by atoms with Gasteiger partial charge in [0, 0.05) is 12.0 Å². The van der Waals surface area contributed by atoms with Crippen LogP contribution >= 0.6 is 0 Å². The molecule has 3 aromatic rings. The van der Waals surface area contributed by atoms with Gasteiger partial charge in [-0.3, -0.25) is 19.3 Å². The predicted octanol–water partition coefficient (Wildman–Crippen LogP) is 2.59. The first-order chi connectivity index (χ1) is 15.5. The molecule has 3 amide bonds. The van der Waals surface area contributed by atoms with Crippen LogP contribution in [0.2, 0.25) is 0 Å². The van der Waals surface area contributed by atoms with Gasteiger partial charge in [0.25, 0.3) is 17.7 Å². The number of amides is 3. The second kappa shape index (κ2) is 8.89. The molecule has 1 N–H and O–H groups in total. The zero-order valence-electron chi connectivity index (χ0n) is 17.2. The highest BCUT2D eigenvalue weighted by Gasteiger charge is 2.36. The summed E-state index contributed by atoms with van der Waals surface area (Å²) in [5.41, 5.74) is 1.36. The van der Waals surface area contributed by atoms with E-state index >= 15 is 0 Å². The number of imide groups is 1. The molecule has 0 aliphatic carbocycles. The van der Waals surface area contributed by atoms with E-state index in [0.29, 0.717) is 5.76 Å². The maximum absolute atomic E-state index is 12.8. The number of carbonyl (C=O) groups excluding carboxylic acids is 4. The Labute approximate surface area is 183 Å². The SMILES string of the molecule is COC(=O)C(Cc1ccccc1)NC(=O)c1ccc2c(c1)C(=O)N(Cc1ccco1)C2=O. The van der Waals surface area contributed by atoms with Crippen LogP contribution in [0, 0.1) is 0 Å². The predicted molar refractivity (Wildman–Crippen MR) is 113 cm³/mol. The van der Waals surface area contributed by atoms with Gasteiger partial charge in [-0.15, -0.1) is 0 Å². The molecule has 1 aliphatic heterocycles. The monoisotopic (exact) mass is 432 g/mol. The summed E-state index contributed by atoms with van der Waals surface area (Å²) in [5.74, 6) is -1.63. The Morgan fingerprint density at radius 3 is 2.44 bits per heavy atom. The number of nitrogens with zero attached hydrogens (tertiary/aromatic N) is 1. The number of benzene rings is 2. The van der Waals surface area contributed by atoms with Gasteiger partial charge < -0.3 is 14.5 Å². The van der Waals surface area contributed by atoms with Crippen molar-refractivity contribution >= 4 is 23.7 Å². The van der Waals surface area contributed by atoms with Crippen molar-refractivity contribution in [1.82, 2.24) is 10.2 Å². The van der Waals surface area contributed by atoms with E-state index in [-0.39, 0.29) is 29.7 Å². The molecule has 162 valence electrons. The summed E-state index contributed by atoms with van der Waals surface area (Å²) in [4.78, 5) is 51.5. The molecule has 0 saturated heterocycles. The molecule has 0 radical (unpaired) electrons. The van der Waals surface area contributed by atoms with E-state index in [1.165, 1.54) is 31.6 Å². The highest BCUT2D eigenvalue weighted by Crippen LogP contribution is 2.26. The van der Waals surface area contributed by atoms with Gasteiger partial charge >= 0.3 is 5.97 Å². The van der Waals surface area contributed by atoms with Crippen LogP contribution in [0.4, 0.5) is 0 Å². The van der Waals surface area contributed by atoms with E-state index < -0.39 is 29.7 Å². The highest BCUT2D eigenvalue weighted by atomic mass is 16.5. The molecule has 1 atom stereocenters. The average Bonchev–Trinajstić information content (AvgIpc) is 3.41. The number of hydrogen-bond donors (Lipinski definition) is 1. The molecule has 8 nitrogen and oxygen atoms in total. The first-order valence-electron chi connectivity index (χ1n) is 9.93. The molecule has 32 heavy (non-hydrogen) atoms. The van der Waals surface area contributed by atoms with Crippen molar-refractivity contribution in [1.29, 1.82) is 0 Å². The van der Waals surface area contributed by atoms with Gasteiger partial charge in [-0.2, -0.15) is 0 Å². The minimum Gasteiger partial charge on any atom is -0.467 e. The largest absolute Gasteiger partial charge is 0.467 e. The standard InChI is InChI=1S/C24H20N2O6/c1-31-24(30)20(12-15-6-3-2-4-7-15)25-21(27)16-9-10-18-19(13-16)23(29)26(22(18)28)14-17-8-5-11-32-17/h2-11,13,20H,12,14H2,1H3,(H,25,27). The molecular formula is C24H20N2O6. The molecule has 0 spiro atoms. The summed E-state index contributed by atoms with van der Waals surface area (Å²) in [5, 5.41) is 2.66. The normalized spacial score (nSPS) is 13.6. The zero-order valence-corrected chi connectivity index (χ0v) is 17.2. The minimum atomic E-state index is -0.907. The van der Waals surface area contributed by atoms with Crippen LogP contribution in [-0.2, 0) is 22.5 Å². The van der Waals surface area contributed by atoms with E-state index in [1.807, 2.05) is 30.3 Å². The summed E-state index contributed by atoms with van der Waals surface area (Å²) in [6.07, 6.45) is 1.71. The molecule has 2 heterocycles. The minimum absolute atomic E-state index is 0.00235. The van der Waals surface area contributed by atoms with Crippen molar-refractivity contribution in [3.05, 3.63) is 94.9 Å². The molecule has 0 saturated carbocycles. The third-order valence-electron chi connectivity index (χ3n) is 5.20. The van der Waals surface area contributed by atoms with Crippen molar-refractivity contribution < 1.29 is 28.3 Å². The number of carbonyl (C=O) groups is 4. The van der Waals surface area contributed by atoms with Crippen LogP contribution < -0.4 is 5.32 Å². The van der Waals surface area contributed by atoms with E-state index in [9.17, 15) is 19.2 Å². The fraction of sp³-hybridized carbons (Fsp3) is 0.167. The first kappa shape index (κ1) is 21.0. The van der Waals surface area contributed by atoms with Gasteiger partial charge in [0.05, 0.1) is 31.0 Å². The molecule has 4 rings (SSSR count). The molecular weight excluding hydrogens is 412 g/mol. The first-order valence-corrected chi connectivity index (χ1v) is 9.93. The van der Waals surface area contributed by atoms with Crippen LogP contribution in [0.3, 0.4) is 0 Å². The fourth-order valence-electron chi connectivity index (χ4n) is 3.56. The Morgan fingerprint density at radius 1 is 1.00 bits per heavy atom. The Balaban J connectivity index is 1.53. The number of ether oxygens (including phenoxy) is 1. The lowest BCUT2D eigenvalue weighted by atomic mass is 10.0. The Kier molecular flexibility index (Phi) is 5.85. The van der Waals surface area contributed by atoms with Gasteiger partial charge in [-0.1, -0.05) is 30.3 Å². The topological polar surface area (TPSA) is 106 Å². The van der Waals surface area contributed by atoms with E-state index in [1.54, 1.807) is 12.1 Å². The van der Waals surface area contributed by atoms with Crippen molar-refractivity contribution in [2.45, 2.75) is 19.0 Å². The summed E-state index contributed by atoms with van der Waals surface area (Å²) < 4.78 is 10.0. The molecule has 1 aliphatic rings. The number of furan rings is 1. The molecule has 0 fully saturated rings. The zero-order chi connectivity index (χ0) is 22.7. The van der Waals surface area contributed by atoms with Crippen molar-refractivity contribution in [2.75, 3.05) is 7.11 Å². The number of hydrogen-bond acceptors (Lipinski definition) is 6. The molecule has 1 unspecified atom stereocenters. The maximum atomic E-state index is 12.8. The van der Waals surface area contributed by atoms with Crippen molar-refractivity contribution in [3.63, 3.8) is 0 Å². The smallest absolute Gasteiger partial charge is 0.328 e.